The summed E-state index contributed by atoms with van der Waals surface area (Å²) in [5, 5.41) is 13.8. The van der Waals surface area contributed by atoms with Crippen LogP contribution in [0.2, 0.25) is 5.02 Å². The number of nitrogens with zero attached hydrogens (tertiary/aromatic N) is 4. The minimum Gasteiger partial charge on any atom is -0.478 e. The summed E-state index contributed by atoms with van der Waals surface area (Å²) in [6.45, 7) is 1.76. The third kappa shape index (κ3) is 1.36. The molecule has 0 saturated carbocycles. The lowest BCUT2D eigenvalue weighted by molar-refractivity contribution is 0.0697. The Morgan fingerprint density at radius 2 is 2.28 bits per heavy atom. The van der Waals surface area contributed by atoms with Crippen molar-refractivity contribution in [3.05, 3.63) is 34.7 Å². The molecule has 0 aliphatic rings. The van der Waals surface area contributed by atoms with Gasteiger partial charge in [-0.3, -0.25) is 0 Å². The summed E-state index contributed by atoms with van der Waals surface area (Å²) in [6.07, 6.45) is 2.83. The predicted octanol–water partition coefficient (Wildman–Crippen LogP) is 1.94. The lowest BCUT2D eigenvalue weighted by Crippen LogP contribution is -2.04. The van der Waals surface area contributed by atoms with Gasteiger partial charge in [-0.2, -0.15) is 9.61 Å². The van der Waals surface area contributed by atoms with Crippen molar-refractivity contribution in [2.45, 2.75) is 6.92 Å². The molecular formula is C11H7ClN4O2. The van der Waals surface area contributed by atoms with Gasteiger partial charge >= 0.3 is 5.97 Å². The smallest absolute Gasteiger partial charge is 0.338 e. The molecule has 0 saturated heterocycles. The zero-order valence-corrected chi connectivity index (χ0v) is 10.0. The maximum Gasteiger partial charge on any atom is 0.338 e. The Kier molecular flexibility index (Phi) is 2.21. The Morgan fingerprint density at radius 3 is 3.00 bits per heavy atom. The van der Waals surface area contributed by atoms with Gasteiger partial charge in [0.15, 0.2) is 11.3 Å². The molecule has 0 aromatic carbocycles. The molecule has 0 radical (unpaired) electrons. The van der Waals surface area contributed by atoms with E-state index in [-0.39, 0.29) is 10.6 Å². The van der Waals surface area contributed by atoms with E-state index in [0.29, 0.717) is 22.4 Å². The molecule has 0 unspecified atom stereocenters. The largest absolute Gasteiger partial charge is 0.478 e. The fraction of sp³-hybridized carbons (Fsp3) is 0.0909. The zero-order valence-electron chi connectivity index (χ0n) is 9.25. The number of hydrogen-bond donors (Lipinski definition) is 1. The molecular weight excluding hydrogens is 256 g/mol. The van der Waals surface area contributed by atoms with Crippen molar-refractivity contribution >= 4 is 34.3 Å². The predicted molar refractivity (Wildman–Crippen MR) is 65.0 cm³/mol. The van der Waals surface area contributed by atoms with Crippen LogP contribution >= 0.6 is 11.6 Å². The number of carboxylic acid groups (broad SMARTS) is 1. The van der Waals surface area contributed by atoms with E-state index < -0.39 is 5.97 Å². The Bertz CT molecular complexity index is 796. The molecule has 7 heteroatoms. The highest BCUT2D eigenvalue weighted by Crippen LogP contribution is 2.28. The van der Waals surface area contributed by atoms with Crippen molar-refractivity contribution in [2.75, 3.05) is 0 Å². The van der Waals surface area contributed by atoms with Crippen molar-refractivity contribution in [3.8, 4) is 0 Å². The highest BCUT2D eigenvalue weighted by Gasteiger charge is 2.17. The summed E-state index contributed by atoms with van der Waals surface area (Å²) in [5.41, 5.74) is 1.73. The number of aryl methyl sites for hydroxylation is 1. The highest BCUT2D eigenvalue weighted by atomic mass is 35.5. The highest BCUT2D eigenvalue weighted by molar-refractivity contribution is 6.38. The number of pyridine rings is 1. The number of halogens is 1. The molecule has 0 amide bonds. The Balaban J connectivity index is 2.55. The molecule has 1 N–H and O–H groups in total. The molecule has 0 aliphatic heterocycles. The number of hydrogen-bond acceptors (Lipinski definition) is 4. The number of rotatable bonds is 1. The van der Waals surface area contributed by atoms with Crippen molar-refractivity contribution in [1.29, 1.82) is 0 Å². The van der Waals surface area contributed by atoms with Gasteiger partial charge in [0.1, 0.15) is 0 Å². The van der Waals surface area contributed by atoms with Crippen LogP contribution in [0.3, 0.4) is 0 Å². The zero-order chi connectivity index (χ0) is 12.9. The van der Waals surface area contributed by atoms with Gasteiger partial charge in [0.25, 0.3) is 0 Å². The summed E-state index contributed by atoms with van der Waals surface area (Å²) in [7, 11) is 0. The Hall–Kier alpha value is -2.21. The van der Waals surface area contributed by atoms with Crippen LogP contribution in [0.1, 0.15) is 16.1 Å². The molecule has 3 heterocycles. The molecule has 90 valence electrons. The monoisotopic (exact) mass is 262 g/mol. The number of aromatic carboxylic acids is 1. The second-order valence-electron chi connectivity index (χ2n) is 3.79. The van der Waals surface area contributed by atoms with E-state index in [9.17, 15) is 4.79 Å². The molecule has 0 aliphatic carbocycles. The maximum absolute atomic E-state index is 11.0. The standard InChI is InChI=1S/C11H7ClN4O2/c1-5-8-9(12)6(11(17)18)4-13-10(8)16-7(15-5)2-3-14-16/h2-4H,1H3,(H,17,18). The van der Waals surface area contributed by atoms with E-state index in [1.165, 1.54) is 10.7 Å². The summed E-state index contributed by atoms with van der Waals surface area (Å²) >= 11 is 6.11. The van der Waals surface area contributed by atoms with E-state index in [4.69, 9.17) is 16.7 Å². The Labute approximate surface area is 106 Å². The molecule has 3 aromatic rings. The number of aromatic nitrogens is 4. The second kappa shape index (κ2) is 3.64. The first-order valence-corrected chi connectivity index (χ1v) is 5.49. The minimum absolute atomic E-state index is 0.0411. The van der Waals surface area contributed by atoms with Crippen LogP contribution in [-0.4, -0.2) is 30.7 Å². The fourth-order valence-corrected chi connectivity index (χ4v) is 2.23. The van der Waals surface area contributed by atoms with Gasteiger partial charge in [-0.25, -0.2) is 14.8 Å². The summed E-state index contributed by atoms with van der Waals surface area (Å²) in [4.78, 5) is 19.5. The van der Waals surface area contributed by atoms with Gasteiger partial charge in [-0.05, 0) is 6.92 Å². The van der Waals surface area contributed by atoms with Gasteiger partial charge in [0.05, 0.1) is 27.9 Å². The molecule has 3 rings (SSSR count). The van der Waals surface area contributed by atoms with Crippen LogP contribution in [0.25, 0.3) is 16.7 Å². The topological polar surface area (TPSA) is 80.4 Å². The van der Waals surface area contributed by atoms with Gasteiger partial charge in [0.2, 0.25) is 0 Å². The van der Waals surface area contributed by atoms with E-state index in [1.54, 1.807) is 19.2 Å². The van der Waals surface area contributed by atoms with Crippen molar-refractivity contribution in [2.24, 2.45) is 0 Å². The summed E-state index contributed by atoms with van der Waals surface area (Å²) in [5.74, 6) is -1.12. The van der Waals surface area contributed by atoms with Crippen molar-refractivity contribution in [3.63, 3.8) is 0 Å². The molecule has 6 nitrogen and oxygen atoms in total. The van der Waals surface area contributed by atoms with Gasteiger partial charge < -0.3 is 5.11 Å². The van der Waals surface area contributed by atoms with E-state index >= 15 is 0 Å². The molecule has 0 spiro atoms. The first-order chi connectivity index (χ1) is 8.59. The normalized spacial score (nSPS) is 11.2. The maximum atomic E-state index is 11.0. The molecule has 3 aromatic heterocycles. The summed E-state index contributed by atoms with van der Waals surface area (Å²) < 4.78 is 1.53. The van der Waals surface area contributed by atoms with Gasteiger partial charge in [-0.15, -0.1) is 0 Å². The van der Waals surface area contributed by atoms with Gasteiger partial charge in [-0.1, -0.05) is 11.6 Å². The van der Waals surface area contributed by atoms with E-state index in [1.807, 2.05) is 0 Å². The van der Waals surface area contributed by atoms with Crippen molar-refractivity contribution < 1.29 is 9.90 Å². The van der Waals surface area contributed by atoms with Gasteiger partial charge in [0, 0.05) is 12.3 Å². The lowest BCUT2D eigenvalue weighted by Gasteiger charge is -2.07. The van der Waals surface area contributed by atoms with E-state index in [0.717, 1.165) is 0 Å². The average molecular weight is 263 g/mol. The Morgan fingerprint density at radius 1 is 1.50 bits per heavy atom. The van der Waals surface area contributed by atoms with Crippen LogP contribution in [0.15, 0.2) is 18.5 Å². The van der Waals surface area contributed by atoms with Crippen LogP contribution in [0.5, 0.6) is 0 Å². The lowest BCUT2D eigenvalue weighted by atomic mass is 10.2. The molecule has 0 fully saturated rings. The van der Waals surface area contributed by atoms with Crippen LogP contribution in [0, 0.1) is 6.92 Å². The summed E-state index contributed by atoms with van der Waals surface area (Å²) in [6, 6.07) is 1.74. The van der Waals surface area contributed by atoms with Crippen LogP contribution in [-0.2, 0) is 0 Å². The molecule has 0 bridgehead atoms. The molecule has 18 heavy (non-hydrogen) atoms. The minimum atomic E-state index is -1.12. The first-order valence-electron chi connectivity index (χ1n) is 5.11. The first kappa shape index (κ1) is 10.9. The van der Waals surface area contributed by atoms with Crippen LogP contribution in [0.4, 0.5) is 0 Å². The third-order valence-corrected chi connectivity index (χ3v) is 3.09. The quantitative estimate of drug-likeness (QED) is 0.725. The van der Waals surface area contributed by atoms with Crippen molar-refractivity contribution in [1.82, 2.24) is 19.6 Å². The number of fused-ring (bicyclic) bond motifs is 3. The van der Waals surface area contributed by atoms with E-state index in [2.05, 4.69) is 15.1 Å². The third-order valence-electron chi connectivity index (χ3n) is 2.69. The number of carbonyl (C=O) groups is 1. The molecule has 0 atom stereocenters. The number of carboxylic acids is 1. The SMILES string of the molecule is Cc1nc2ccnn2c2ncc(C(=O)O)c(Cl)c12. The van der Waals surface area contributed by atoms with Crippen LogP contribution < -0.4 is 0 Å². The average Bonchev–Trinajstić information content (AvgIpc) is 2.76. The second-order valence-corrected chi connectivity index (χ2v) is 4.17. The fourth-order valence-electron chi connectivity index (χ4n) is 1.88.